The van der Waals surface area contributed by atoms with E-state index in [1.54, 1.807) is 30.5 Å². The smallest absolute Gasteiger partial charge is 0.331 e. The molecule has 6 heteroatoms. The molecule has 1 aliphatic heterocycles. The summed E-state index contributed by atoms with van der Waals surface area (Å²) in [6, 6.07) is 0.644. The Labute approximate surface area is 115 Å². The van der Waals surface area contributed by atoms with Gasteiger partial charge in [0.1, 0.15) is 0 Å². The van der Waals surface area contributed by atoms with Gasteiger partial charge in [-0.25, -0.2) is 9.59 Å². The van der Waals surface area contributed by atoms with E-state index in [9.17, 15) is 14.7 Å². The number of carbonyl (C=O) groups excluding carboxylic acids is 1. The Balaban J connectivity index is 2.29. The Morgan fingerprint density at radius 2 is 2.42 bits per heavy atom. The maximum Gasteiger partial charge on any atom is 0.331 e. The van der Waals surface area contributed by atoms with Gasteiger partial charge in [-0.3, -0.25) is 0 Å². The summed E-state index contributed by atoms with van der Waals surface area (Å²) in [7, 11) is 1.64. The highest BCUT2D eigenvalue weighted by molar-refractivity contribution is 7.10. The summed E-state index contributed by atoms with van der Waals surface area (Å²) in [5, 5.41) is 11.3. The highest BCUT2D eigenvalue weighted by atomic mass is 32.1. The van der Waals surface area contributed by atoms with Crippen LogP contribution < -0.4 is 0 Å². The molecule has 0 aliphatic carbocycles. The number of aliphatic carboxylic acids is 1. The van der Waals surface area contributed by atoms with E-state index in [4.69, 9.17) is 0 Å². The van der Waals surface area contributed by atoms with Gasteiger partial charge in [-0.1, -0.05) is 6.08 Å². The number of hydrogen-bond acceptors (Lipinski definition) is 3. The van der Waals surface area contributed by atoms with Gasteiger partial charge in [-0.05, 0) is 23.4 Å². The lowest BCUT2D eigenvalue weighted by atomic mass is 10.0. The van der Waals surface area contributed by atoms with Crippen molar-refractivity contribution >= 4 is 23.3 Å². The molecule has 0 saturated carbocycles. The Morgan fingerprint density at radius 3 is 3.05 bits per heavy atom. The fourth-order valence-corrected chi connectivity index (χ4v) is 3.18. The predicted molar refractivity (Wildman–Crippen MR) is 73.3 cm³/mol. The van der Waals surface area contributed by atoms with Crippen LogP contribution in [0.25, 0.3) is 0 Å². The van der Waals surface area contributed by atoms with Crippen molar-refractivity contribution in [1.29, 1.82) is 0 Å². The molecule has 19 heavy (non-hydrogen) atoms. The average molecular weight is 280 g/mol. The second-order valence-electron chi connectivity index (χ2n) is 4.44. The first-order chi connectivity index (χ1) is 9.06. The molecule has 1 aromatic heterocycles. The standard InChI is InChI=1S/C13H16N2O3S/c1-3-6-14(2)13(18)15-7-4-10-9(5-8-19-10)11(15)12(16)17/h3,5,8,11H,1,4,6-7H2,2H3,(H,16,17). The van der Waals surface area contributed by atoms with Crippen LogP contribution in [-0.4, -0.2) is 47.0 Å². The number of rotatable bonds is 3. The number of hydrogen-bond donors (Lipinski definition) is 1. The Morgan fingerprint density at radius 1 is 1.68 bits per heavy atom. The highest BCUT2D eigenvalue weighted by Crippen LogP contribution is 2.33. The third-order valence-corrected chi connectivity index (χ3v) is 4.17. The molecule has 2 amide bonds. The second kappa shape index (κ2) is 5.44. The number of fused-ring (bicyclic) bond motifs is 1. The Bertz CT molecular complexity index is 512. The number of amides is 2. The first-order valence-corrected chi connectivity index (χ1v) is 6.86. The van der Waals surface area contributed by atoms with Crippen molar-refractivity contribution in [3.8, 4) is 0 Å². The molecule has 0 saturated heterocycles. The fraction of sp³-hybridized carbons (Fsp3) is 0.385. The molecular formula is C13H16N2O3S. The zero-order valence-electron chi connectivity index (χ0n) is 10.7. The van der Waals surface area contributed by atoms with Crippen LogP contribution in [0.4, 0.5) is 4.79 Å². The molecule has 2 heterocycles. The van der Waals surface area contributed by atoms with Crippen LogP contribution in [0, 0.1) is 0 Å². The fourth-order valence-electron chi connectivity index (χ4n) is 2.28. The summed E-state index contributed by atoms with van der Waals surface area (Å²) >= 11 is 1.55. The van der Waals surface area contributed by atoms with Crippen LogP contribution in [0.1, 0.15) is 16.5 Å². The molecule has 0 fully saturated rings. The third kappa shape index (κ3) is 2.49. The number of carbonyl (C=O) groups is 2. The molecule has 0 radical (unpaired) electrons. The van der Waals surface area contributed by atoms with E-state index in [0.717, 1.165) is 10.4 Å². The molecule has 1 aromatic rings. The van der Waals surface area contributed by atoms with Gasteiger partial charge < -0.3 is 14.9 Å². The normalized spacial score (nSPS) is 17.7. The van der Waals surface area contributed by atoms with Crippen LogP contribution in [0.5, 0.6) is 0 Å². The summed E-state index contributed by atoms with van der Waals surface area (Å²) in [5.41, 5.74) is 0.740. The zero-order valence-corrected chi connectivity index (χ0v) is 11.5. The molecule has 1 N–H and O–H groups in total. The number of carboxylic acids is 1. The van der Waals surface area contributed by atoms with Crippen molar-refractivity contribution in [2.75, 3.05) is 20.1 Å². The van der Waals surface area contributed by atoms with Crippen LogP contribution in [0.3, 0.4) is 0 Å². The molecular weight excluding hydrogens is 264 g/mol. The van der Waals surface area contributed by atoms with Crippen LogP contribution in [-0.2, 0) is 11.2 Å². The van der Waals surface area contributed by atoms with Crippen LogP contribution >= 0.6 is 11.3 Å². The highest BCUT2D eigenvalue weighted by Gasteiger charge is 2.37. The summed E-state index contributed by atoms with van der Waals surface area (Å²) in [6.07, 6.45) is 2.33. The minimum atomic E-state index is -0.986. The number of likely N-dealkylation sites (N-methyl/N-ethyl adjacent to an activating group) is 1. The molecule has 1 atom stereocenters. The van der Waals surface area contributed by atoms with Gasteiger partial charge >= 0.3 is 12.0 Å². The van der Waals surface area contributed by atoms with Crippen LogP contribution in [0.15, 0.2) is 24.1 Å². The molecule has 2 rings (SSSR count). The van der Waals surface area contributed by atoms with Crippen molar-refractivity contribution in [1.82, 2.24) is 9.80 Å². The number of carboxylic acid groups (broad SMARTS) is 1. The summed E-state index contributed by atoms with van der Waals surface area (Å²) in [4.78, 5) is 27.7. The lowest BCUT2D eigenvalue weighted by molar-refractivity contribution is -0.143. The van der Waals surface area contributed by atoms with Crippen molar-refractivity contribution in [2.24, 2.45) is 0 Å². The van der Waals surface area contributed by atoms with Crippen LogP contribution in [0.2, 0.25) is 0 Å². The third-order valence-electron chi connectivity index (χ3n) is 3.18. The average Bonchev–Trinajstić information content (AvgIpc) is 2.84. The molecule has 0 bridgehead atoms. The first-order valence-electron chi connectivity index (χ1n) is 5.98. The monoisotopic (exact) mass is 280 g/mol. The number of thiophene rings is 1. The Kier molecular flexibility index (Phi) is 3.90. The summed E-state index contributed by atoms with van der Waals surface area (Å²) in [5.74, 6) is -0.986. The number of urea groups is 1. The van der Waals surface area contributed by atoms with Crippen molar-refractivity contribution in [3.63, 3.8) is 0 Å². The minimum absolute atomic E-state index is 0.274. The van der Waals surface area contributed by atoms with Gasteiger partial charge in [0.15, 0.2) is 6.04 Å². The van der Waals surface area contributed by atoms with Gasteiger partial charge in [-0.15, -0.1) is 17.9 Å². The SMILES string of the molecule is C=CCN(C)C(=O)N1CCc2sccc2C1C(=O)O. The van der Waals surface area contributed by atoms with E-state index in [0.29, 0.717) is 19.5 Å². The van der Waals surface area contributed by atoms with E-state index in [1.807, 2.05) is 5.38 Å². The lowest BCUT2D eigenvalue weighted by Crippen LogP contribution is -2.48. The second-order valence-corrected chi connectivity index (χ2v) is 5.44. The van der Waals surface area contributed by atoms with E-state index in [1.165, 1.54) is 9.80 Å². The largest absolute Gasteiger partial charge is 0.479 e. The van der Waals surface area contributed by atoms with Crippen molar-refractivity contribution in [2.45, 2.75) is 12.5 Å². The lowest BCUT2D eigenvalue weighted by Gasteiger charge is -2.35. The summed E-state index contributed by atoms with van der Waals surface area (Å²) < 4.78 is 0. The molecule has 0 aromatic carbocycles. The topological polar surface area (TPSA) is 60.9 Å². The molecule has 5 nitrogen and oxygen atoms in total. The van der Waals surface area contributed by atoms with Gasteiger partial charge in [0.05, 0.1) is 0 Å². The molecule has 1 unspecified atom stereocenters. The maximum absolute atomic E-state index is 12.3. The van der Waals surface area contributed by atoms with Gasteiger partial charge in [-0.2, -0.15) is 0 Å². The van der Waals surface area contributed by atoms with E-state index < -0.39 is 12.0 Å². The first kappa shape index (κ1) is 13.6. The maximum atomic E-state index is 12.3. The molecule has 102 valence electrons. The van der Waals surface area contributed by atoms with Crippen molar-refractivity contribution < 1.29 is 14.7 Å². The molecule has 0 spiro atoms. The number of nitrogens with zero attached hydrogens (tertiary/aromatic N) is 2. The van der Waals surface area contributed by atoms with Crippen molar-refractivity contribution in [3.05, 3.63) is 34.5 Å². The van der Waals surface area contributed by atoms with Gasteiger partial charge in [0.2, 0.25) is 0 Å². The van der Waals surface area contributed by atoms with E-state index in [2.05, 4.69) is 6.58 Å². The molecule has 1 aliphatic rings. The van der Waals surface area contributed by atoms with Gasteiger partial charge in [0.25, 0.3) is 0 Å². The summed E-state index contributed by atoms with van der Waals surface area (Å²) in [6.45, 7) is 4.42. The predicted octanol–water partition coefficient (Wildman–Crippen LogP) is 1.97. The Hall–Kier alpha value is -1.82. The van der Waals surface area contributed by atoms with E-state index in [-0.39, 0.29) is 6.03 Å². The zero-order chi connectivity index (χ0) is 14.0. The quantitative estimate of drug-likeness (QED) is 0.861. The minimum Gasteiger partial charge on any atom is -0.479 e. The van der Waals surface area contributed by atoms with Gasteiger partial charge in [0, 0.05) is 25.0 Å². The van der Waals surface area contributed by atoms with E-state index >= 15 is 0 Å².